The Labute approximate surface area is 154 Å². The molecule has 2 aromatic rings. The van der Waals surface area contributed by atoms with Crippen molar-refractivity contribution in [2.75, 3.05) is 5.32 Å². The molecule has 2 N–H and O–H groups in total. The molecule has 0 aliphatic heterocycles. The summed E-state index contributed by atoms with van der Waals surface area (Å²) in [6.07, 6.45) is 4.27. The van der Waals surface area contributed by atoms with Crippen molar-refractivity contribution in [2.24, 2.45) is 0 Å². The van der Waals surface area contributed by atoms with Crippen molar-refractivity contribution in [3.8, 4) is 0 Å². The van der Waals surface area contributed by atoms with Gasteiger partial charge in [0.25, 0.3) is 5.91 Å². The molecule has 2 amide bonds. The number of anilines is 1. The molecule has 136 valence electrons. The van der Waals surface area contributed by atoms with Gasteiger partial charge in [-0.15, -0.1) is 0 Å². The lowest BCUT2D eigenvalue weighted by atomic mass is 10.0. The van der Waals surface area contributed by atoms with Crippen LogP contribution in [0.3, 0.4) is 0 Å². The van der Waals surface area contributed by atoms with Gasteiger partial charge in [-0.05, 0) is 62.8 Å². The Balaban J connectivity index is 1.66. The summed E-state index contributed by atoms with van der Waals surface area (Å²) in [5.41, 5.74) is 2.88. The Morgan fingerprint density at radius 1 is 1.15 bits per heavy atom. The van der Waals surface area contributed by atoms with Gasteiger partial charge in [0.1, 0.15) is 5.69 Å². The van der Waals surface area contributed by atoms with Crippen LogP contribution in [0.15, 0.2) is 42.6 Å². The third-order valence-electron chi connectivity index (χ3n) is 4.19. The Bertz CT molecular complexity index is 820. The molecule has 0 atom stereocenters. The topological polar surface area (TPSA) is 71.1 Å². The van der Waals surface area contributed by atoms with Crippen molar-refractivity contribution >= 4 is 17.5 Å². The molecule has 5 nitrogen and oxygen atoms in total. The van der Waals surface area contributed by atoms with Gasteiger partial charge in [0.15, 0.2) is 0 Å². The molecule has 1 aliphatic carbocycles. The molecule has 0 radical (unpaired) electrons. The first-order chi connectivity index (χ1) is 12.3. The van der Waals surface area contributed by atoms with E-state index in [-0.39, 0.29) is 23.0 Å². The molecule has 1 saturated carbocycles. The van der Waals surface area contributed by atoms with Gasteiger partial charge >= 0.3 is 0 Å². The summed E-state index contributed by atoms with van der Waals surface area (Å²) in [6.45, 7) is 5.73. The fourth-order valence-electron chi connectivity index (χ4n) is 2.90. The molecule has 1 aromatic carbocycles. The fraction of sp³-hybridized carbons (Fsp3) is 0.381. The Kier molecular flexibility index (Phi) is 5.07. The van der Waals surface area contributed by atoms with Gasteiger partial charge in [-0.3, -0.25) is 14.6 Å². The van der Waals surface area contributed by atoms with E-state index in [0.717, 1.165) is 5.56 Å². The predicted octanol–water partition coefficient (Wildman–Crippen LogP) is 3.67. The smallest absolute Gasteiger partial charge is 0.270 e. The molecule has 1 aromatic heterocycles. The van der Waals surface area contributed by atoms with Gasteiger partial charge in [-0.25, -0.2) is 0 Å². The highest BCUT2D eigenvalue weighted by Crippen LogP contribution is 2.41. The highest BCUT2D eigenvalue weighted by atomic mass is 16.2. The van der Waals surface area contributed by atoms with Crippen molar-refractivity contribution in [1.82, 2.24) is 10.3 Å². The number of pyridine rings is 1. The van der Waals surface area contributed by atoms with Crippen molar-refractivity contribution in [3.05, 3.63) is 59.4 Å². The van der Waals surface area contributed by atoms with E-state index in [1.165, 1.54) is 24.6 Å². The minimum Gasteiger partial charge on any atom is -0.346 e. The SMILES string of the molecule is CC(C)(C)NC(=O)c1cc(NC(=O)Cc2ccccc2C2CC2)ccn1. The number of aromatic nitrogens is 1. The van der Waals surface area contributed by atoms with Crippen LogP contribution in [-0.2, 0) is 11.2 Å². The van der Waals surface area contributed by atoms with Gasteiger partial charge in [-0.2, -0.15) is 0 Å². The van der Waals surface area contributed by atoms with Crippen molar-refractivity contribution in [3.63, 3.8) is 0 Å². The lowest BCUT2D eigenvalue weighted by Gasteiger charge is -2.20. The highest BCUT2D eigenvalue weighted by Gasteiger charge is 2.26. The van der Waals surface area contributed by atoms with Gasteiger partial charge in [0.05, 0.1) is 6.42 Å². The number of nitrogens with zero attached hydrogens (tertiary/aromatic N) is 1. The van der Waals surface area contributed by atoms with E-state index >= 15 is 0 Å². The number of nitrogens with one attached hydrogen (secondary N) is 2. The zero-order valence-electron chi connectivity index (χ0n) is 15.5. The second-order valence-electron chi connectivity index (χ2n) is 7.83. The van der Waals surface area contributed by atoms with E-state index in [4.69, 9.17) is 0 Å². The van der Waals surface area contributed by atoms with Crippen LogP contribution in [0, 0.1) is 0 Å². The lowest BCUT2D eigenvalue weighted by molar-refractivity contribution is -0.115. The molecule has 26 heavy (non-hydrogen) atoms. The highest BCUT2D eigenvalue weighted by molar-refractivity contribution is 5.96. The van der Waals surface area contributed by atoms with E-state index in [1.54, 1.807) is 12.1 Å². The van der Waals surface area contributed by atoms with Crippen molar-refractivity contribution < 1.29 is 9.59 Å². The summed E-state index contributed by atoms with van der Waals surface area (Å²) in [6, 6.07) is 11.4. The number of carbonyl (C=O) groups excluding carboxylic acids is 2. The molecule has 1 fully saturated rings. The van der Waals surface area contributed by atoms with Crippen LogP contribution in [0.25, 0.3) is 0 Å². The molecule has 1 heterocycles. The minimum absolute atomic E-state index is 0.0912. The van der Waals surface area contributed by atoms with Gasteiger partial charge in [-0.1, -0.05) is 24.3 Å². The summed E-state index contributed by atoms with van der Waals surface area (Å²) in [5.74, 6) is 0.256. The first-order valence-electron chi connectivity index (χ1n) is 8.98. The quantitative estimate of drug-likeness (QED) is 0.863. The lowest BCUT2D eigenvalue weighted by Crippen LogP contribution is -2.40. The molecular weight excluding hydrogens is 326 g/mol. The van der Waals surface area contributed by atoms with E-state index in [2.05, 4.69) is 21.7 Å². The second-order valence-corrected chi connectivity index (χ2v) is 7.83. The largest absolute Gasteiger partial charge is 0.346 e. The number of hydrogen-bond acceptors (Lipinski definition) is 3. The van der Waals surface area contributed by atoms with Gasteiger partial charge < -0.3 is 10.6 Å². The Hall–Kier alpha value is -2.69. The fourth-order valence-corrected chi connectivity index (χ4v) is 2.90. The van der Waals surface area contributed by atoms with Crippen LogP contribution in [0.2, 0.25) is 0 Å². The minimum atomic E-state index is -0.343. The van der Waals surface area contributed by atoms with Crippen LogP contribution in [0.1, 0.15) is 61.1 Å². The van der Waals surface area contributed by atoms with Crippen molar-refractivity contribution in [2.45, 2.75) is 51.5 Å². The molecule has 1 aliphatic rings. The second kappa shape index (κ2) is 7.28. The summed E-state index contributed by atoms with van der Waals surface area (Å²) in [7, 11) is 0. The van der Waals surface area contributed by atoms with E-state index in [1.807, 2.05) is 39.0 Å². The standard InChI is InChI=1S/C21H25N3O2/c1-21(2,3)24-20(26)18-13-16(10-11-22-18)23-19(25)12-15-6-4-5-7-17(15)14-8-9-14/h4-7,10-11,13-14H,8-9,12H2,1-3H3,(H,24,26)(H,22,23,25). The third kappa shape index (κ3) is 4.91. The van der Waals surface area contributed by atoms with E-state index < -0.39 is 0 Å². The van der Waals surface area contributed by atoms with E-state index in [0.29, 0.717) is 18.0 Å². The number of hydrogen-bond donors (Lipinski definition) is 2. The van der Waals surface area contributed by atoms with E-state index in [9.17, 15) is 9.59 Å². The maximum Gasteiger partial charge on any atom is 0.270 e. The normalized spacial score (nSPS) is 14.0. The summed E-state index contributed by atoms with van der Waals surface area (Å²) >= 11 is 0. The van der Waals surface area contributed by atoms with Crippen LogP contribution in [-0.4, -0.2) is 22.3 Å². The summed E-state index contributed by atoms with van der Waals surface area (Å²) in [5, 5.41) is 5.74. The number of amides is 2. The number of rotatable bonds is 5. The average molecular weight is 351 g/mol. The zero-order valence-corrected chi connectivity index (χ0v) is 15.5. The molecule has 0 unspecified atom stereocenters. The monoisotopic (exact) mass is 351 g/mol. The summed E-state index contributed by atoms with van der Waals surface area (Å²) in [4.78, 5) is 28.8. The van der Waals surface area contributed by atoms with Crippen molar-refractivity contribution in [1.29, 1.82) is 0 Å². The maximum absolute atomic E-state index is 12.5. The maximum atomic E-state index is 12.5. The molecule has 0 bridgehead atoms. The molecule has 3 rings (SSSR count). The predicted molar refractivity (Wildman–Crippen MR) is 102 cm³/mol. The molecule has 0 saturated heterocycles. The molecule has 5 heteroatoms. The van der Waals surface area contributed by atoms with Gasteiger partial charge in [0.2, 0.25) is 5.91 Å². The summed E-state index contributed by atoms with van der Waals surface area (Å²) < 4.78 is 0. The van der Waals surface area contributed by atoms with Crippen LogP contribution >= 0.6 is 0 Å². The molecular formula is C21H25N3O2. The average Bonchev–Trinajstić information content (AvgIpc) is 3.39. The van der Waals surface area contributed by atoms with Crippen LogP contribution < -0.4 is 10.6 Å². The number of carbonyl (C=O) groups is 2. The first kappa shape index (κ1) is 18.1. The zero-order chi connectivity index (χ0) is 18.7. The first-order valence-corrected chi connectivity index (χ1v) is 8.98. The Morgan fingerprint density at radius 3 is 2.58 bits per heavy atom. The van der Waals surface area contributed by atoms with Crippen LogP contribution in [0.5, 0.6) is 0 Å². The number of benzene rings is 1. The van der Waals surface area contributed by atoms with Crippen LogP contribution in [0.4, 0.5) is 5.69 Å². The third-order valence-corrected chi connectivity index (χ3v) is 4.19. The Morgan fingerprint density at radius 2 is 1.88 bits per heavy atom. The molecule has 0 spiro atoms. The van der Waals surface area contributed by atoms with Gasteiger partial charge in [0, 0.05) is 17.4 Å².